The number of halogens is 3. The molecule has 1 fully saturated rings. The van der Waals surface area contributed by atoms with Gasteiger partial charge in [0, 0.05) is 22.9 Å². The van der Waals surface area contributed by atoms with Crippen molar-refractivity contribution in [2.24, 2.45) is 22.1 Å². The van der Waals surface area contributed by atoms with E-state index in [1.165, 1.54) is 18.2 Å². The van der Waals surface area contributed by atoms with Gasteiger partial charge in [0.2, 0.25) is 5.91 Å². The van der Waals surface area contributed by atoms with Crippen molar-refractivity contribution in [3.8, 4) is 11.5 Å². The number of carbonyl (C=O) groups is 1. The van der Waals surface area contributed by atoms with E-state index in [2.05, 4.69) is 15.0 Å². The summed E-state index contributed by atoms with van der Waals surface area (Å²) in [7, 11) is 0. The van der Waals surface area contributed by atoms with Gasteiger partial charge in [-0.15, -0.1) is 13.2 Å². The number of fused-ring (bicyclic) bond motifs is 4. The Morgan fingerprint density at radius 2 is 2.03 bits per heavy atom. The number of nitrogens with two attached hydrogens (primary N) is 1. The van der Waals surface area contributed by atoms with Crippen molar-refractivity contribution in [1.82, 2.24) is 5.32 Å². The molecule has 1 aromatic carbocycles. The van der Waals surface area contributed by atoms with Crippen LogP contribution in [0.2, 0.25) is 0 Å². The standard InChI is InChI=1S/C21H26F3N3O4/c1-19(2,3)17(28)26-11-4-6-15-13(8-11)20(10-29-18(25)27-20)14-9-12(31-21(22,23)24)5-7-16(14)30-15/h5,7,9,11,13,15H,4,6,8,10H2,1-3H3,(H2,25,27)(H,26,28)/t11-,13+,15+,20+/m1/s1. The predicted octanol–water partition coefficient (Wildman–Crippen LogP) is 3.22. The lowest BCUT2D eigenvalue weighted by Gasteiger charge is -2.48. The molecule has 2 aliphatic heterocycles. The smallest absolute Gasteiger partial charge is 0.490 e. The van der Waals surface area contributed by atoms with E-state index in [1.54, 1.807) is 0 Å². The van der Waals surface area contributed by atoms with Gasteiger partial charge in [-0.25, -0.2) is 4.99 Å². The number of nitrogens with zero attached hydrogens (tertiary/aromatic N) is 1. The van der Waals surface area contributed by atoms with E-state index < -0.39 is 17.3 Å². The zero-order valence-electron chi connectivity index (χ0n) is 17.6. The van der Waals surface area contributed by atoms with Gasteiger partial charge >= 0.3 is 6.36 Å². The number of aliphatic imine (C=N–C) groups is 1. The molecule has 4 atom stereocenters. The quantitative estimate of drug-likeness (QED) is 0.735. The molecule has 0 unspecified atom stereocenters. The van der Waals surface area contributed by atoms with E-state index in [-0.39, 0.29) is 42.3 Å². The Morgan fingerprint density at radius 3 is 2.65 bits per heavy atom. The number of rotatable bonds is 2. The van der Waals surface area contributed by atoms with E-state index in [0.717, 1.165) is 6.42 Å². The van der Waals surface area contributed by atoms with Gasteiger partial charge in [0.05, 0.1) is 0 Å². The Bertz CT molecular complexity index is 912. The summed E-state index contributed by atoms with van der Waals surface area (Å²) < 4.78 is 54.1. The molecule has 2 heterocycles. The van der Waals surface area contributed by atoms with Crippen LogP contribution in [-0.4, -0.2) is 37.0 Å². The van der Waals surface area contributed by atoms with Crippen LogP contribution in [-0.2, 0) is 15.1 Å². The first-order chi connectivity index (χ1) is 14.4. The Balaban J connectivity index is 1.68. The third-order valence-electron chi connectivity index (χ3n) is 6.10. The minimum absolute atomic E-state index is 0.0189. The number of amides is 1. The zero-order chi connectivity index (χ0) is 22.6. The molecule has 0 radical (unpaired) electrons. The highest BCUT2D eigenvalue weighted by molar-refractivity contribution is 5.81. The molecular formula is C21H26F3N3O4. The lowest BCUT2D eigenvalue weighted by atomic mass is 9.67. The third kappa shape index (κ3) is 4.12. The fourth-order valence-electron chi connectivity index (χ4n) is 4.60. The summed E-state index contributed by atoms with van der Waals surface area (Å²) in [6, 6.07) is 3.85. The first kappa shape index (κ1) is 21.6. The maximum absolute atomic E-state index is 12.8. The molecule has 1 saturated carbocycles. The summed E-state index contributed by atoms with van der Waals surface area (Å²) in [5.74, 6) is -0.216. The van der Waals surface area contributed by atoms with E-state index in [4.69, 9.17) is 15.2 Å². The molecule has 0 bridgehead atoms. The van der Waals surface area contributed by atoms with Crippen LogP contribution in [0.5, 0.6) is 11.5 Å². The lowest BCUT2D eigenvalue weighted by molar-refractivity contribution is -0.274. The monoisotopic (exact) mass is 441 g/mol. The Labute approximate surface area is 178 Å². The average Bonchev–Trinajstić information content (AvgIpc) is 3.03. The van der Waals surface area contributed by atoms with Crippen molar-refractivity contribution >= 4 is 11.9 Å². The van der Waals surface area contributed by atoms with Crippen LogP contribution in [0.3, 0.4) is 0 Å². The number of alkyl halides is 3. The highest BCUT2D eigenvalue weighted by Crippen LogP contribution is 2.53. The molecule has 1 aromatic rings. The van der Waals surface area contributed by atoms with Crippen LogP contribution in [0.25, 0.3) is 0 Å². The van der Waals surface area contributed by atoms with Crippen LogP contribution in [0.15, 0.2) is 23.2 Å². The Kier molecular flexibility index (Phi) is 5.01. The molecule has 170 valence electrons. The molecule has 7 nitrogen and oxygen atoms in total. The van der Waals surface area contributed by atoms with Crippen LogP contribution < -0.4 is 20.5 Å². The fraction of sp³-hybridized carbons (Fsp3) is 0.619. The molecule has 1 amide bonds. The van der Waals surface area contributed by atoms with E-state index in [9.17, 15) is 18.0 Å². The predicted molar refractivity (Wildman–Crippen MR) is 106 cm³/mol. The Morgan fingerprint density at radius 1 is 1.29 bits per heavy atom. The fourth-order valence-corrected chi connectivity index (χ4v) is 4.60. The molecule has 3 N–H and O–H groups in total. The minimum Gasteiger partial charge on any atom is -0.490 e. The molecule has 1 spiro atoms. The molecule has 31 heavy (non-hydrogen) atoms. The number of benzene rings is 1. The second-order valence-corrected chi connectivity index (χ2v) is 9.36. The average molecular weight is 441 g/mol. The molecule has 1 aliphatic carbocycles. The third-order valence-corrected chi connectivity index (χ3v) is 6.10. The van der Waals surface area contributed by atoms with Gasteiger partial charge in [-0.3, -0.25) is 4.79 Å². The normalized spacial score (nSPS) is 29.9. The second kappa shape index (κ2) is 7.20. The van der Waals surface area contributed by atoms with Gasteiger partial charge < -0.3 is 25.3 Å². The number of carbonyl (C=O) groups excluding carboxylic acids is 1. The molecular weight excluding hydrogens is 415 g/mol. The first-order valence-corrected chi connectivity index (χ1v) is 10.2. The van der Waals surface area contributed by atoms with E-state index >= 15 is 0 Å². The minimum atomic E-state index is -4.82. The first-order valence-electron chi connectivity index (χ1n) is 10.2. The molecule has 0 aromatic heterocycles. The van der Waals surface area contributed by atoms with Crippen molar-refractivity contribution in [3.63, 3.8) is 0 Å². The largest absolute Gasteiger partial charge is 0.573 e. The number of amidine groups is 1. The zero-order valence-corrected chi connectivity index (χ0v) is 17.6. The van der Waals surface area contributed by atoms with Crippen molar-refractivity contribution in [2.45, 2.75) is 64.1 Å². The number of nitrogens with one attached hydrogen (secondary N) is 1. The summed E-state index contributed by atoms with van der Waals surface area (Å²) in [5, 5.41) is 3.09. The molecule has 4 rings (SSSR count). The topological polar surface area (TPSA) is 95.2 Å². The van der Waals surface area contributed by atoms with Crippen LogP contribution >= 0.6 is 0 Å². The number of ether oxygens (including phenoxy) is 3. The molecule has 0 saturated heterocycles. The Hall–Kier alpha value is -2.65. The van der Waals surface area contributed by atoms with Crippen molar-refractivity contribution in [3.05, 3.63) is 23.8 Å². The van der Waals surface area contributed by atoms with Crippen molar-refractivity contribution < 1.29 is 32.2 Å². The van der Waals surface area contributed by atoms with E-state index in [0.29, 0.717) is 24.2 Å². The summed E-state index contributed by atoms with van der Waals surface area (Å²) in [4.78, 5) is 17.0. The van der Waals surface area contributed by atoms with Crippen molar-refractivity contribution in [2.75, 3.05) is 6.61 Å². The van der Waals surface area contributed by atoms with Gasteiger partial charge in [0.1, 0.15) is 29.7 Å². The highest BCUT2D eigenvalue weighted by Gasteiger charge is 2.56. The lowest BCUT2D eigenvalue weighted by Crippen LogP contribution is -2.55. The number of hydrogen-bond donors (Lipinski definition) is 2. The summed E-state index contributed by atoms with van der Waals surface area (Å²) in [6.45, 7) is 5.61. The summed E-state index contributed by atoms with van der Waals surface area (Å²) in [5.41, 5.74) is 4.74. The van der Waals surface area contributed by atoms with Crippen LogP contribution in [0.1, 0.15) is 45.6 Å². The van der Waals surface area contributed by atoms with Gasteiger partial charge in [-0.1, -0.05) is 20.8 Å². The summed E-state index contributed by atoms with van der Waals surface area (Å²) >= 11 is 0. The summed E-state index contributed by atoms with van der Waals surface area (Å²) in [6.07, 6.45) is -3.11. The maximum atomic E-state index is 12.8. The van der Waals surface area contributed by atoms with Gasteiger partial charge in [-0.05, 0) is 37.5 Å². The van der Waals surface area contributed by atoms with Crippen LogP contribution in [0.4, 0.5) is 13.2 Å². The van der Waals surface area contributed by atoms with Gasteiger partial charge in [0.25, 0.3) is 6.02 Å². The number of hydrogen-bond acceptors (Lipinski definition) is 6. The highest BCUT2D eigenvalue weighted by atomic mass is 19.4. The molecule has 10 heteroatoms. The molecule has 3 aliphatic rings. The van der Waals surface area contributed by atoms with Crippen molar-refractivity contribution in [1.29, 1.82) is 0 Å². The van der Waals surface area contributed by atoms with Gasteiger partial charge in [0.15, 0.2) is 0 Å². The van der Waals surface area contributed by atoms with Crippen LogP contribution in [0, 0.1) is 11.3 Å². The van der Waals surface area contributed by atoms with E-state index in [1.807, 2.05) is 20.8 Å². The second-order valence-electron chi connectivity index (χ2n) is 9.36. The van der Waals surface area contributed by atoms with Gasteiger partial charge in [-0.2, -0.15) is 0 Å². The SMILES string of the molecule is CC(C)(C)C(=O)N[C@@H]1CC[C@@H]2Oc3ccc(OC(F)(F)F)cc3[C@]3(COC(N)=N3)[C@H]2C1. The maximum Gasteiger partial charge on any atom is 0.573 e.